The van der Waals surface area contributed by atoms with Crippen LogP contribution < -0.4 is 10.9 Å². The van der Waals surface area contributed by atoms with E-state index >= 15 is 0 Å². The highest BCUT2D eigenvalue weighted by molar-refractivity contribution is 7.20. The van der Waals surface area contributed by atoms with Crippen molar-refractivity contribution in [2.24, 2.45) is 0 Å². The monoisotopic (exact) mass is 447 g/mol. The first-order valence-electron chi connectivity index (χ1n) is 10.9. The Labute approximate surface area is 185 Å². The van der Waals surface area contributed by atoms with E-state index in [0.29, 0.717) is 27.2 Å². The number of likely N-dealkylation sites (tertiary alicyclic amines) is 1. The molecule has 0 bridgehead atoms. The van der Waals surface area contributed by atoms with Gasteiger partial charge in [0.1, 0.15) is 11.4 Å². The lowest BCUT2D eigenvalue weighted by atomic mass is 10.1. The highest BCUT2D eigenvalue weighted by Gasteiger charge is 2.22. The second-order valence-corrected chi connectivity index (χ2v) is 9.06. The van der Waals surface area contributed by atoms with E-state index in [1.807, 2.05) is 4.90 Å². The third kappa shape index (κ3) is 4.97. The van der Waals surface area contributed by atoms with Gasteiger partial charge < -0.3 is 15.0 Å². The van der Waals surface area contributed by atoms with Crippen molar-refractivity contribution in [2.45, 2.75) is 32.7 Å². The van der Waals surface area contributed by atoms with E-state index < -0.39 is 0 Å². The van der Waals surface area contributed by atoms with Gasteiger partial charge in [-0.3, -0.25) is 23.9 Å². The molecule has 0 atom stereocenters. The maximum absolute atomic E-state index is 13.0. The van der Waals surface area contributed by atoms with E-state index in [2.05, 4.69) is 15.2 Å². The van der Waals surface area contributed by atoms with Gasteiger partial charge in [0.15, 0.2) is 0 Å². The van der Waals surface area contributed by atoms with Crippen LogP contribution in [0.25, 0.3) is 10.2 Å². The van der Waals surface area contributed by atoms with Crippen LogP contribution in [0.4, 0.5) is 0 Å². The van der Waals surface area contributed by atoms with Crippen LogP contribution in [0.5, 0.6) is 0 Å². The number of hydrogen-bond donors (Lipinski definition) is 1. The molecule has 168 valence electrons. The number of amides is 2. The standard InChI is InChI=1S/C21H29N5O4S/c1-15-17-20(31-18(15)19(28)22-5-8-24-9-11-30-12-10-24)23-14-26(21(17)29)13-16(27)25-6-3-2-4-7-25/h14H,2-13H2,1H3,(H,22,28). The third-order valence-corrected chi connectivity index (χ3v) is 7.15. The van der Waals surface area contributed by atoms with Gasteiger partial charge >= 0.3 is 0 Å². The average Bonchev–Trinajstić information content (AvgIpc) is 3.14. The van der Waals surface area contributed by atoms with Gasteiger partial charge in [0, 0.05) is 39.3 Å². The normalized spacial score (nSPS) is 17.8. The molecule has 0 spiro atoms. The quantitative estimate of drug-likeness (QED) is 0.705. The zero-order valence-corrected chi connectivity index (χ0v) is 18.7. The number of carbonyl (C=O) groups excluding carboxylic acids is 2. The zero-order valence-electron chi connectivity index (χ0n) is 17.9. The molecule has 2 saturated heterocycles. The van der Waals surface area contributed by atoms with Gasteiger partial charge in [-0.25, -0.2) is 4.98 Å². The number of ether oxygens (including phenoxy) is 1. The maximum atomic E-state index is 13.0. The number of hydrogen-bond acceptors (Lipinski definition) is 7. The molecule has 2 fully saturated rings. The maximum Gasteiger partial charge on any atom is 0.262 e. The second kappa shape index (κ2) is 9.88. The molecular weight excluding hydrogens is 418 g/mol. The van der Waals surface area contributed by atoms with E-state index in [4.69, 9.17) is 4.74 Å². The lowest BCUT2D eigenvalue weighted by Crippen LogP contribution is -2.41. The Morgan fingerprint density at radius 1 is 1.16 bits per heavy atom. The Balaban J connectivity index is 1.45. The molecule has 31 heavy (non-hydrogen) atoms. The summed E-state index contributed by atoms with van der Waals surface area (Å²) in [5.41, 5.74) is 0.359. The van der Waals surface area contributed by atoms with Crippen molar-refractivity contribution < 1.29 is 14.3 Å². The number of thiophene rings is 1. The summed E-state index contributed by atoms with van der Waals surface area (Å²) in [6.45, 7) is 7.74. The third-order valence-electron chi connectivity index (χ3n) is 5.96. The fourth-order valence-electron chi connectivity index (χ4n) is 4.11. The van der Waals surface area contributed by atoms with Crippen LogP contribution in [0, 0.1) is 6.92 Å². The Bertz CT molecular complexity index is 1010. The predicted octanol–water partition coefficient (Wildman–Crippen LogP) is 0.841. The number of piperidine rings is 1. The summed E-state index contributed by atoms with van der Waals surface area (Å²) in [7, 11) is 0. The Morgan fingerprint density at radius 2 is 1.90 bits per heavy atom. The van der Waals surface area contributed by atoms with Crippen molar-refractivity contribution in [3.8, 4) is 0 Å². The molecule has 2 aromatic rings. The molecule has 0 radical (unpaired) electrons. The van der Waals surface area contributed by atoms with Crippen molar-refractivity contribution in [1.29, 1.82) is 0 Å². The number of aromatic nitrogens is 2. The van der Waals surface area contributed by atoms with Crippen LogP contribution in [0.3, 0.4) is 0 Å². The molecular formula is C21H29N5O4S. The largest absolute Gasteiger partial charge is 0.379 e. The highest BCUT2D eigenvalue weighted by atomic mass is 32.1. The van der Waals surface area contributed by atoms with E-state index in [1.165, 1.54) is 22.2 Å². The summed E-state index contributed by atoms with van der Waals surface area (Å²) in [5.74, 6) is -0.249. The molecule has 4 heterocycles. The fourth-order valence-corrected chi connectivity index (χ4v) is 5.17. The molecule has 0 saturated carbocycles. The van der Waals surface area contributed by atoms with E-state index in [1.54, 1.807) is 6.92 Å². The first kappa shape index (κ1) is 21.9. The van der Waals surface area contributed by atoms with Crippen molar-refractivity contribution in [3.63, 3.8) is 0 Å². The number of nitrogens with zero attached hydrogens (tertiary/aromatic N) is 4. The van der Waals surface area contributed by atoms with E-state index in [-0.39, 0.29) is 23.9 Å². The molecule has 2 aliphatic rings. The highest BCUT2D eigenvalue weighted by Crippen LogP contribution is 2.26. The van der Waals surface area contributed by atoms with Crippen molar-refractivity contribution in [3.05, 3.63) is 27.1 Å². The molecule has 4 rings (SSSR count). The predicted molar refractivity (Wildman–Crippen MR) is 119 cm³/mol. The van der Waals surface area contributed by atoms with E-state index in [0.717, 1.165) is 65.2 Å². The van der Waals surface area contributed by atoms with Crippen LogP contribution in [0.2, 0.25) is 0 Å². The van der Waals surface area contributed by atoms with Crippen LogP contribution in [-0.4, -0.2) is 83.6 Å². The molecule has 2 aromatic heterocycles. The lowest BCUT2D eigenvalue weighted by Gasteiger charge is -2.26. The van der Waals surface area contributed by atoms with Crippen molar-refractivity contribution in [2.75, 3.05) is 52.5 Å². The molecule has 2 amide bonds. The Hall–Kier alpha value is -2.30. The Morgan fingerprint density at radius 3 is 2.65 bits per heavy atom. The van der Waals surface area contributed by atoms with Gasteiger partial charge in [-0.05, 0) is 31.7 Å². The zero-order chi connectivity index (χ0) is 21.8. The molecule has 10 heteroatoms. The Kier molecular flexibility index (Phi) is 6.99. The van der Waals surface area contributed by atoms with Gasteiger partial charge in [0.25, 0.3) is 11.5 Å². The van der Waals surface area contributed by atoms with Crippen LogP contribution in [0.1, 0.15) is 34.5 Å². The topological polar surface area (TPSA) is 96.8 Å². The van der Waals surface area contributed by atoms with Crippen LogP contribution in [0.15, 0.2) is 11.1 Å². The number of rotatable bonds is 6. The van der Waals surface area contributed by atoms with Crippen molar-refractivity contribution >= 4 is 33.4 Å². The molecule has 2 aliphatic heterocycles. The molecule has 9 nitrogen and oxygen atoms in total. The average molecular weight is 448 g/mol. The minimum atomic E-state index is -0.267. The lowest BCUT2D eigenvalue weighted by molar-refractivity contribution is -0.132. The van der Waals surface area contributed by atoms with Gasteiger partial charge in [-0.15, -0.1) is 11.3 Å². The van der Waals surface area contributed by atoms with Crippen molar-refractivity contribution in [1.82, 2.24) is 24.7 Å². The minimum Gasteiger partial charge on any atom is -0.379 e. The van der Waals surface area contributed by atoms with Gasteiger partial charge in [0.2, 0.25) is 5.91 Å². The molecule has 0 aliphatic carbocycles. The van der Waals surface area contributed by atoms with E-state index in [9.17, 15) is 14.4 Å². The number of morpholine rings is 1. The van der Waals surface area contributed by atoms with Crippen LogP contribution in [-0.2, 0) is 16.1 Å². The summed E-state index contributed by atoms with van der Waals surface area (Å²) in [4.78, 5) is 47.8. The van der Waals surface area contributed by atoms with Gasteiger partial charge in [0.05, 0.1) is 29.8 Å². The SMILES string of the molecule is Cc1c(C(=O)NCCN2CCOCC2)sc2ncn(CC(=O)N3CCCCC3)c(=O)c12. The smallest absolute Gasteiger partial charge is 0.262 e. The first-order valence-corrected chi connectivity index (χ1v) is 11.7. The molecule has 1 N–H and O–H groups in total. The number of fused-ring (bicyclic) bond motifs is 1. The van der Waals surface area contributed by atoms with Crippen LogP contribution >= 0.6 is 11.3 Å². The molecule has 0 unspecified atom stereocenters. The summed E-state index contributed by atoms with van der Waals surface area (Å²) < 4.78 is 6.70. The number of aryl methyl sites for hydroxylation is 1. The number of nitrogens with one attached hydrogen (secondary N) is 1. The minimum absolute atomic E-state index is 0.0157. The summed E-state index contributed by atoms with van der Waals surface area (Å²) >= 11 is 1.22. The summed E-state index contributed by atoms with van der Waals surface area (Å²) in [6.07, 6.45) is 4.57. The second-order valence-electron chi connectivity index (χ2n) is 8.07. The molecule has 0 aromatic carbocycles. The fraction of sp³-hybridized carbons (Fsp3) is 0.619. The number of carbonyl (C=O) groups is 2. The van der Waals surface area contributed by atoms with Gasteiger partial charge in [-0.2, -0.15) is 0 Å². The first-order chi connectivity index (χ1) is 15.0. The summed E-state index contributed by atoms with van der Waals surface area (Å²) in [5, 5.41) is 3.38. The summed E-state index contributed by atoms with van der Waals surface area (Å²) in [6, 6.07) is 0. The van der Waals surface area contributed by atoms with Gasteiger partial charge in [-0.1, -0.05) is 0 Å².